The molecule has 14 heavy (non-hydrogen) atoms. The molecule has 0 radical (unpaired) electrons. The van der Waals surface area contributed by atoms with E-state index in [1.54, 1.807) is 0 Å². The van der Waals surface area contributed by atoms with Gasteiger partial charge in [-0.1, -0.05) is 13.8 Å². The first-order valence-corrected chi connectivity index (χ1v) is 5.42. The van der Waals surface area contributed by atoms with Crippen LogP contribution in [0.25, 0.3) is 0 Å². The van der Waals surface area contributed by atoms with E-state index in [2.05, 4.69) is 24.8 Å². The highest BCUT2D eigenvalue weighted by molar-refractivity contribution is 5.15. The molecule has 3 unspecified atom stereocenters. The normalized spacial score (nSPS) is 37.4. The SMILES string of the molecule is CCN(CC)C1(C#N)CC(C)OC1C. The summed E-state index contributed by atoms with van der Waals surface area (Å²) in [5.41, 5.74) is -0.400. The van der Waals surface area contributed by atoms with Gasteiger partial charge in [0.1, 0.15) is 5.54 Å². The number of hydrogen-bond acceptors (Lipinski definition) is 3. The van der Waals surface area contributed by atoms with E-state index >= 15 is 0 Å². The summed E-state index contributed by atoms with van der Waals surface area (Å²) in [6.07, 6.45) is 1.04. The smallest absolute Gasteiger partial charge is 0.137 e. The molecule has 3 atom stereocenters. The lowest BCUT2D eigenvalue weighted by Crippen LogP contribution is -2.52. The van der Waals surface area contributed by atoms with E-state index in [1.807, 2.05) is 13.8 Å². The summed E-state index contributed by atoms with van der Waals surface area (Å²) in [5, 5.41) is 9.37. The van der Waals surface area contributed by atoms with E-state index in [-0.39, 0.29) is 12.2 Å². The van der Waals surface area contributed by atoms with E-state index in [9.17, 15) is 5.26 Å². The summed E-state index contributed by atoms with van der Waals surface area (Å²) in [4.78, 5) is 2.21. The summed E-state index contributed by atoms with van der Waals surface area (Å²) in [5.74, 6) is 0. The molecule has 3 heteroatoms. The molecule has 0 amide bonds. The van der Waals surface area contributed by atoms with Crippen LogP contribution in [0.15, 0.2) is 0 Å². The zero-order valence-electron chi connectivity index (χ0n) is 9.58. The Morgan fingerprint density at radius 3 is 2.29 bits per heavy atom. The van der Waals surface area contributed by atoms with Gasteiger partial charge in [-0.05, 0) is 26.9 Å². The van der Waals surface area contributed by atoms with Crippen LogP contribution < -0.4 is 0 Å². The predicted molar refractivity (Wildman–Crippen MR) is 55.9 cm³/mol. The van der Waals surface area contributed by atoms with E-state index in [1.165, 1.54) is 0 Å². The van der Waals surface area contributed by atoms with Gasteiger partial charge >= 0.3 is 0 Å². The van der Waals surface area contributed by atoms with Crippen molar-refractivity contribution in [1.29, 1.82) is 5.26 Å². The molecule has 0 aromatic heterocycles. The van der Waals surface area contributed by atoms with E-state index < -0.39 is 5.54 Å². The average Bonchev–Trinajstić information content (AvgIpc) is 2.44. The molecule has 3 nitrogen and oxygen atoms in total. The number of ether oxygens (including phenoxy) is 1. The second-order valence-corrected chi connectivity index (χ2v) is 4.00. The molecule has 1 aliphatic rings. The van der Waals surface area contributed by atoms with Crippen molar-refractivity contribution in [2.45, 2.75) is 51.9 Å². The van der Waals surface area contributed by atoms with Crippen LogP contribution in [0.5, 0.6) is 0 Å². The molecule has 0 saturated carbocycles. The summed E-state index contributed by atoms with van der Waals surface area (Å²) in [6, 6.07) is 2.46. The maximum atomic E-state index is 9.37. The molecule has 1 rings (SSSR count). The van der Waals surface area contributed by atoms with Gasteiger partial charge in [0.2, 0.25) is 0 Å². The van der Waals surface area contributed by atoms with Gasteiger partial charge in [-0.25, -0.2) is 0 Å². The van der Waals surface area contributed by atoms with Gasteiger partial charge in [-0.2, -0.15) is 5.26 Å². The largest absolute Gasteiger partial charge is 0.372 e. The molecule has 0 bridgehead atoms. The number of rotatable bonds is 3. The maximum Gasteiger partial charge on any atom is 0.137 e. The highest BCUT2D eigenvalue weighted by atomic mass is 16.5. The fourth-order valence-corrected chi connectivity index (χ4v) is 2.49. The quantitative estimate of drug-likeness (QED) is 0.690. The van der Waals surface area contributed by atoms with Gasteiger partial charge in [-0.15, -0.1) is 0 Å². The Balaban J connectivity index is 2.92. The molecule has 0 aromatic rings. The fraction of sp³-hybridized carbons (Fsp3) is 0.909. The van der Waals surface area contributed by atoms with Crippen LogP contribution in [0.4, 0.5) is 0 Å². The molecular weight excluding hydrogens is 176 g/mol. The fourth-order valence-electron chi connectivity index (χ4n) is 2.49. The zero-order chi connectivity index (χ0) is 10.8. The van der Waals surface area contributed by atoms with Crippen molar-refractivity contribution < 1.29 is 4.74 Å². The van der Waals surface area contributed by atoms with Crippen molar-refractivity contribution in [3.05, 3.63) is 0 Å². The second-order valence-electron chi connectivity index (χ2n) is 4.00. The van der Waals surface area contributed by atoms with E-state index in [0.29, 0.717) is 0 Å². The Labute approximate surface area is 86.6 Å². The molecule has 1 heterocycles. The van der Waals surface area contributed by atoms with Crippen molar-refractivity contribution >= 4 is 0 Å². The first kappa shape index (κ1) is 11.5. The number of nitriles is 1. The van der Waals surface area contributed by atoms with Crippen LogP contribution in [0.1, 0.15) is 34.1 Å². The third-order valence-electron chi connectivity index (χ3n) is 3.23. The van der Waals surface area contributed by atoms with Gasteiger partial charge in [0, 0.05) is 6.42 Å². The van der Waals surface area contributed by atoms with Crippen molar-refractivity contribution in [2.24, 2.45) is 0 Å². The van der Waals surface area contributed by atoms with Crippen molar-refractivity contribution in [2.75, 3.05) is 13.1 Å². The highest BCUT2D eigenvalue weighted by Crippen LogP contribution is 2.35. The minimum Gasteiger partial charge on any atom is -0.372 e. The first-order chi connectivity index (χ1) is 6.60. The Bertz CT molecular complexity index is 232. The minimum atomic E-state index is -0.400. The van der Waals surface area contributed by atoms with Crippen molar-refractivity contribution in [3.63, 3.8) is 0 Å². The van der Waals surface area contributed by atoms with Gasteiger partial charge in [0.15, 0.2) is 0 Å². The molecule has 1 aliphatic heterocycles. The molecule has 80 valence electrons. The second kappa shape index (κ2) is 4.29. The van der Waals surface area contributed by atoms with Crippen LogP contribution >= 0.6 is 0 Å². The topological polar surface area (TPSA) is 36.3 Å². The number of hydrogen-bond donors (Lipinski definition) is 0. The summed E-state index contributed by atoms with van der Waals surface area (Å²) < 4.78 is 5.69. The maximum absolute atomic E-state index is 9.37. The lowest BCUT2D eigenvalue weighted by Gasteiger charge is -2.36. The summed E-state index contributed by atoms with van der Waals surface area (Å²) in [7, 11) is 0. The molecule has 0 aliphatic carbocycles. The Kier molecular flexibility index (Phi) is 3.52. The Morgan fingerprint density at radius 1 is 1.43 bits per heavy atom. The Hall–Kier alpha value is -0.590. The van der Waals surface area contributed by atoms with Crippen molar-refractivity contribution in [1.82, 2.24) is 4.90 Å². The van der Waals surface area contributed by atoms with Crippen LogP contribution in [0.3, 0.4) is 0 Å². The third-order valence-corrected chi connectivity index (χ3v) is 3.23. The summed E-state index contributed by atoms with van der Waals surface area (Å²) >= 11 is 0. The lowest BCUT2D eigenvalue weighted by molar-refractivity contribution is 0.0226. The van der Waals surface area contributed by atoms with E-state index in [4.69, 9.17) is 4.74 Å². The van der Waals surface area contributed by atoms with Crippen LogP contribution in [0, 0.1) is 11.3 Å². The van der Waals surface area contributed by atoms with E-state index in [0.717, 1.165) is 19.5 Å². The molecule has 0 N–H and O–H groups in total. The molecule has 1 saturated heterocycles. The van der Waals surface area contributed by atoms with Crippen LogP contribution in [0.2, 0.25) is 0 Å². The predicted octanol–water partition coefficient (Wildman–Crippen LogP) is 1.79. The van der Waals surface area contributed by atoms with Gasteiger partial charge in [0.25, 0.3) is 0 Å². The van der Waals surface area contributed by atoms with Crippen molar-refractivity contribution in [3.8, 4) is 6.07 Å². The zero-order valence-corrected chi connectivity index (χ0v) is 9.58. The average molecular weight is 196 g/mol. The molecular formula is C11H20N2O. The van der Waals surface area contributed by atoms with Crippen LogP contribution in [-0.4, -0.2) is 35.7 Å². The minimum absolute atomic E-state index is 0.0161. The monoisotopic (exact) mass is 196 g/mol. The van der Waals surface area contributed by atoms with Crippen LogP contribution in [-0.2, 0) is 4.74 Å². The highest BCUT2D eigenvalue weighted by Gasteiger charge is 2.48. The van der Waals surface area contributed by atoms with Gasteiger partial charge in [-0.3, -0.25) is 4.90 Å². The Morgan fingerprint density at radius 2 is 2.00 bits per heavy atom. The molecule has 0 aromatic carbocycles. The number of likely N-dealkylation sites (N-methyl/N-ethyl adjacent to an activating group) is 1. The van der Waals surface area contributed by atoms with Gasteiger partial charge < -0.3 is 4.74 Å². The summed E-state index contributed by atoms with van der Waals surface area (Å²) in [6.45, 7) is 10.1. The first-order valence-electron chi connectivity index (χ1n) is 5.42. The van der Waals surface area contributed by atoms with Gasteiger partial charge in [0.05, 0.1) is 18.3 Å². The molecule has 0 spiro atoms. The third kappa shape index (κ3) is 1.65. The molecule has 1 fully saturated rings. The number of nitrogens with zero attached hydrogens (tertiary/aromatic N) is 2. The lowest BCUT2D eigenvalue weighted by atomic mass is 9.90. The standard InChI is InChI=1S/C11H20N2O/c1-5-13(6-2)11(8-12)7-9(3)14-10(11)4/h9-10H,5-7H2,1-4H3.